The van der Waals surface area contributed by atoms with E-state index in [4.69, 9.17) is 4.74 Å². The van der Waals surface area contributed by atoms with Crippen LogP contribution in [-0.2, 0) is 20.7 Å². The predicted octanol–water partition coefficient (Wildman–Crippen LogP) is 3.72. The third-order valence-electron chi connectivity index (χ3n) is 6.06. The van der Waals surface area contributed by atoms with Crippen molar-refractivity contribution in [3.63, 3.8) is 0 Å². The molecule has 1 fully saturated rings. The molecule has 5 atom stereocenters. The first kappa shape index (κ1) is 26.8. The van der Waals surface area contributed by atoms with Gasteiger partial charge in [-0.15, -0.1) is 0 Å². The van der Waals surface area contributed by atoms with Gasteiger partial charge in [-0.3, -0.25) is 9.59 Å². The molecule has 0 heterocycles. The van der Waals surface area contributed by atoms with Crippen LogP contribution in [0.1, 0.15) is 57.9 Å². The second kappa shape index (κ2) is 14.7. The number of carbonyl (C=O) groups is 2. The quantitative estimate of drug-likeness (QED) is 0.238. The predicted molar refractivity (Wildman–Crippen MR) is 129 cm³/mol. The molecule has 1 aromatic carbocycles. The second-order valence-electron chi connectivity index (χ2n) is 8.72. The Kier molecular flexibility index (Phi) is 11.9. The molecule has 1 amide bonds. The Morgan fingerprint density at radius 1 is 1.24 bits per heavy atom. The summed E-state index contributed by atoms with van der Waals surface area (Å²) < 4.78 is 5.48. The molecule has 0 aliphatic heterocycles. The highest BCUT2D eigenvalue weighted by Crippen LogP contribution is 2.38. The number of nitrogens with one attached hydrogen (secondary N) is 1. The molecule has 6 heteroatoms. The number of esters is 1. The van der Waals surface area contributed by atoms with Gasteiger partial charge in [0.1, 0.15) is 6.10 Å². The number of benzene rings is 1. The molecule has 3 N–H and O–H groups in total. The van der Waals surface area contributed by atoms with E-state index in [1.54, 1.807) is 6.08 Å². The Morgan fingerprint density at radius 3 is 2.70 bits per heavy atom. The van der Waals surface area contributed by atoms with Crippen LogP contribution in [0.25, 0.3) is 0 Å². The summed E-state index contributed by atoms with van der Waals surface area (Å²) in [5.41, 5.74) is 1.18. The number of aryl methyl sites for hydroxylation is 1. The fraction of sp³-hybridized carbons (Fsp3) is 0.556. The van der Waals surface area contributed by atoms with Crippen LogP contribution in [0.5, 0.6) is 0 Å². The van der Waals surface area contributed by atoms with Gasteiger partial charge in [0.05, 0.1) is 12.2 Å². The zero-order valence-corrected chi connectivity index (χ0v) is 19.9. The topological polar surface area (TPSA) is 95.9 Å². The highest BCUT2D eigenvalue weighted by Gasteiger charge is 2.42. The lowest BCUT2D eigenvalue weighted by atomic mass is 9.89. The zero-order chi connectivity index (χ0) is 24.1. The van der Waals surface area contributed by atoms with Crippen molar-refractivity contribution in [2.24, 2.45) is 11.8 Å². The lowest BCUT2D eigenvalue weighted by Gasteiger charge is -2.22. The van der Waals surface area contributed by atoms with Crippen LogP contribution in [0, 0.1) is 11.8 Å². The van der Waals surface area contributed by atoms with Crippen molar-refractivity contribution >= 4 is 11.9 Å². The van der Waals surface area contributed by atoms with Crippen molar-refractivity contribution in [3.05, 3.63) is 60.2 Å². The third kappa shape index (κ3) is 9.93. The van der Waals surface area contributed by atoms with Gasteiger partial charge in [-0.25, -0.2) is 0 Å². The van der Waals surface area contributed by atoms with Gasteiger partial charge in [0, 0.05) is 32.2 Å². The van der Waals surface area contributed by atoms with Crippen molar-refractivity contribution in [1.82, 2.24) is 5.32 Å². The number of allylic oxidation sites excluding steroid dienone is 2. The maximum absolute atomic E-state index is 11.6. The fourth-order valence-electron chi connectivity index (χ4n) is 4.37. The smallest absolute Gasteiger partial charge is 0.302 e. The lowest BCUT2D eigenvalue weighted by molar-refractivity contribution is -0.147. The summed E-state index contributed by atoms with van der Waals surface area (Å²) in [6.07, 6.45) is 10.7. The van der Waals surface area contributed by atoms with Crippen LogP contribution in [0.15, 0.2) is 54.6 Å². The van der Waals surface area contributed by atoms with Gasteiger partial charge in [0.2, 0.25) is 5.91 Å². The number of amides is 1. The Labute approximate surface area is 197 Å². The number of rotatable bonds is 13. The zero-order valence-electron chi connectivity index (χ0n) is 19.9. The molecular formula is C27H39NO5. The van der Waals surface area contributed by atoms with Crippen molar-refractivity contribution in [2.45, 2.75) is 77.1 Å². The van der Waals surface area contributed by atoms with Crippen LogP contribution in [0.4, 0.5) is 0 Å². The Bertz CT molecular complexity index is 776. The Morgan fingerprint density at radius 2 is 2.00 bits per heavy atom. The molecule has 0 bridgehead atoms. The van der Waals surface area contributed by atoms with E-state index in [1.165, 1.54) is 12.5 Å². The van der Waals surface area contributed by atoms with Gasteiger partial charge in [-0.2, -0.15) is 0 Å². The normalized spacial score (nSPS) is 23.8. The molecule has 1 aliphatic carbocycles. The van der Waals surface area contributed by atoms with Crippen LogP contribution in [0.3, 0.4) is 0 Å². The van der Waals surface area contributed by atoms with Gasteiger partial charge in [0.25, 0.3) is 0 Å². The minimum Gasteiger partial charge on any atom is -0.462 e. The minimum absolute atomic E-state index is 0.0670. The van der Waals surface area contributed by atoms with E-state index in [2.05, 4.69) is 5.32 Å². The number of ether oxygens (including phenoxy) is 1. The summed E-state index contributed by atoms with van der Waals surface area (Å²) in [5.74, 6) is -0.545. The van der Waals surface area contributed by atoms with Crippen molar-refractivity contribution in [1.29, 1.82) is 0 Å². The van der Waals surface area contributed by atoms with Crippen molar-refractivity contribution in [2.75, 3.05) is 6.54 Å². The van der Waals surface area contributed by atoms with E-state index < -0.39 is 18.3 Å². The van der Waals surface area contributed by atoms with Gasteiger partial charge < -0.3 is 20.3 Å². The van der Waals surface area contributed by atoms with E-state index in [0.717, 1.165) is 19.3 Å². The number of aliphatic hydroxyl groups is 2. The van der Waals surface area contributed by atoms with E-state index in [0.29, 0.717) is 32.2 Å². The maximum Gasteiger partial charge on any atom is 0.302 e. The number of hydrogen-bond donors (Lipinski definition) is 3. The molecule has 182 valence electrons. The van der Waals surface area contributed by atoms with Gasteiger partial charge in [-0.1, -0.05) is 54.6 Å². The van der Waals surface area contributed by atoms with E-state index in [9.17, 15) is 19.8 Å². The first-order valence-corrected chi connectivity index (χ1v) is 12.1. The number of carbonyl (C=O) groups excluding carboxylic acids is 2. The van der Waals surface area contributed by atoms with Crippen LogP contribution >= 0.6 is 0 Å². The molecule has 0 spiro atoms. The molecule has 33 heavy (non-hydrogen) atoms. The molecule has 1 aliphatic rings. The molecule has 1 saturated carbocycles. The van der Waals surface area contributed by atoms with Crippen LogP contribution in [-0.4, -0.2) is 46.9 Å². The molecule has 1 aromatic rings. The first-order chi connectivity index (χ1) is 15.9. The summed E-state index contributed by atoms with van der Waals surface area (Å²) in [7, 11) is 0. The molecule has 0 unspecified atom stereocenters. The summed E-state index contributed by atoms with van der Waals surface area (Å²) >= 11 is 0. The van der Waals surface area contributed by atoms with Crippen molar-refractivity contribution in [3.8, 4) is 0 Å². The van der Waals surface area contributed by atoms with E-state index >= 15 is 0 Å². The number of aliphatic hydroxyl groups excluding tert-OH is 2. The van der Waals surface area contributed by atoms with Gasteiger partial charge >= 0.3 is 5.97 Å². The van der Waals surface area contributed by atoms with Crippen LogP contribution in [0.2, 0.25) is 0 Å². The van der Waals surface area contributed by atoms with Gasteiger partial charge in [0.15, 0.2) is 0 Å². The average molecular weight is 458 g/mol. The molecule has 0 aromatic heterocycles. The number of hydrogen-bond acceptors (Lipinski definition) is 5. The molecule has 0 saturated heterocycles. The fourth-order valence-corrected chi connectivity index (χ4v) is 4.37. The molecular weight excluding hydrogens is 418 g/mol. The molecule has 2 rings (SSSR count). The highest BCUT2D eigenvalue weighted by atomic mass is 16.5. The summed E-state index contributed by atoms with van der Waals surface area (Å²) in [6, 6.07) is 10.0. The monoisotopic (exact) mass is 457 g/mol. The minimum atomic E-state index is -0.605. The van der Waals surface area contributed by atoms with Gasteiger partial charge in [-0.05, 0) is 50.5 Å². The Hall–Kier alpha value is -2.44. The highest BCUT2D eigenvalue weighted by molar-refractivity contribution is 5.75. The standard InChI is InChI=1S/C27H39NO5/c1-3-28-27(32)14-10-5-4-9-13-23-24(26(19-25(23)31)33-20(2)29)18-17-22(30)16-15-21-11-7-6-8-12-21/h4,6-9,11-12,17-18,22-26,30-31H,3,5,10,13-16,19H2,1-2H3,(H,28,32)/t22-,23+,24+,25-,26+/m0/s1. The first-order valence-electron chi connectivity index (χ1n) is 12.1. The summed E-state index contributed by atoms with van der Waals surface area (Å²) in [6.45, 7) is 3.93. The second-order valence-corrected chi connectivity index (χ2v) is 8.72. The SMILES string of the molecule is CCNC(=O)CCCC=CC[C@@H]1[C@@H](C=C[C@@H](O)CCc2ccccc2)[C@H](OC(C)=O)C[C@@H]1O. The van der Waals surface area contributed by atoms with Crippen LogP contribution < -0.4 is 5.32 Å². The third-order valence-corrected chi connectivity index (χ3v) is 6.06. The Balaban J connectivity index is 1.91. The van der Waals surface area contributed by atoms with E-state index in [-0.39, 0.29) is 23.7 Å². The van der Waals surface area contributed by atoms with E-state index in [1.807, 2.05) is 55.5 Å². The number of unbranched alkanes of at least 4 members (excludes halogenated alkanes) is 1. The summed E-state index contributed by atoms with van der Waals surface area (Å²) in [5, 5.41) is 23.9. The largest absolute Gasteiger partial charge is 0.462 e. The average Bonchev–Trinajstić information content (AvgIpc) is 3.07. The summed E-state index contributed by atoms with van der Waals surface area (Å²) in [4.78, 5) is 23.1. The maximum atomic E-state index is 11.6. The molecule has 6 nitrogen and oxygen atoms in total. The lowest BCUT2D eigenvalue weighted by Crippen LogP contribution is -2.24. The van der Waals surface area contributed by atoms with Crippen molar-refractivity contribution < 1.29 is 24.5 Å². The molecule has 0 radical (unpaired) electrons.